The van der Waals surface area contributed by atoms with Gasteiger partial charge in [-0.25, -0.2) is 4.68 Å². The van der Waals surface area contributed by atoms with Gasteiger partial charge < -0.3 is 14.2 Å². The molecule has 8 heteroatoms. The van der Waals surface area contributed by atoms with Crippen LogP contribution in [0.4, 0.5) is 0 Å². The molecule has 0 unspecified atom stereocenters. The zero-order valence-electron chi connectivity index (χ0n) is 19.8. The second kappa shape index (κ2) is 7.08. The van der Waals surface area contributed by atoms with E-state index in [0.29, 0.717) is 11.2 Å². The van der Waals surface area contributed by atoms with Gasteiger partial charge in [-0.05, 0) is 104 Å². The number of tetrazole rings is 1. The first-order valence-electron chi connectivity index (χ1n) is 12.5. The fraction of sp³-hybridized carbons (Fsp3) is 0.720. The molecule has 0 amide bonds. The number of likely N-dealkylation sites (N-methyl/N-ethyl adjacent to an activating group) is 1. The highest BCUT2D eigenvalue weighted by atomic mass is 16.7. The summed E-state index contributed by atoms with van der Waals surface area (Å²) in [4.78, 5) is 2.35. The molecule has 0 saturated heterocycles. The number of ether oxygens (including phenoxy) is 3. The molecular formula is C25H33N5O3. The molecule has 2 aliphatic heterocycles. The van der Waals surface area contributed by atoms with Gasteiger partial charge in [0.1, 0.15) is 6.04 Å². The molecule has 2 aromatic rings. The Morgan fingerprint density at radius 3 is 2.55 bits per heavy atom. The molecule has 4 aliphatic carbocycles. The average Bonchev–Trinajstić information content (AvgIpc) is 3.45. The summed E-state index contributed by atoms with van der Waals surface area (Å²) in [6.07, 6.45) is 9.25. The third-order valence-electron chi connectivity index (χ3n) is 9.50. The van der Waals surface area contributed by atoms with Gasteiger partial charge in [0.2, 0.25) is 12.5 Å². The van der Waals surface area contributed by atoms with Gasteiger partial charge in [0.15, 0.2) is 17.3 Å². The van der Waals surface area contributed by atoms with Crippen molar-refractivity contribution in [3.05, 3.63) is 23.0 Å². The number of methoxy groups -OCH3 is 1. The molecule has 4 saturated carbocycles. The summed E-state index contributed by atoms with van der Waals surface area (Å²) in [5.41, 5.74) is 2.67. The molecule has 3 heterocycles. The lowest BCUT2D eigenvalue weighted by Crippen LogP contribution is -2.50. The Kier molecular flexibility index (Phi) is 4.30. The molecule has 1 aromatic heterocycles. The van der Waals surface area contributed by atoms with Gasteiger partial charge in [-0.3, -0.25) is 4.90 Å². The maximum atomic E-state index is 5.92. The Labute approximate surface area is 194 Å². The molecule has 2 atom stereocenters. The van der Waals surface area contributed by atoms with Crippen LogP contribution in [0.5, 0.6) is 17.2 Å². The minimum absolute atomic E-state index is 0.0791. The van der Waals surface area contributed by atoms with E-state index in [2.05, 4.69) is 45.1 Å². The van der Waals surface area contributed by atoms with Crippen molar-refractivity contribution in [3.8, 4) is 17.2 Å². The van der Waals surface area contributed by atoms with Gasteiger partial charge in [-0.1, -0.05) is 0 Å². The van der Waals surface area contributed by atoms with E-state index >= 15 is 0 Å². The molecule has 0 N–H and O–H groups in total. The fourth-order valence-electron chi connectivity index (χ4n) is 8.36. The maximum absolute atomic E-state index is 5.92. The summed E-state index contributed by atoms with van der Waals surface area (Å²) in [6.45, 7) is 3.53. The zero-order valence-corrected chi connectivity index (χ0v) is 19.8. The third-order valence-corrected chi connectivity index (χ3v) is 9.50. The number of hydrogen-bond acceptors (Lipinski definition) is 7. The molecule has 1 aromatic carbocycles. The number of rotatable bonds is 4. The van der Waals surface area contributed by atoms with Crippen molar-refractivity contribution >= 4 is 0 Å². The standard InChI is InChI=1S/C25H33N5O3/c1-14(25-10-15-6-16(11-25)8-17(7-15)12-25)30-24(26-27-28-30)21-20-18(4-5-29(21)2)9-19-22(23(20)31-3)33-13-32-19/h9,14-17,21H,4-8,10-13H2,1-3H3/t14-,15?,16?,17?,21+,25?/m1/s1. The predicted molar refractivity (Wildman–Crippen MR) is 120 cm³/mol. The van der Waals surface area contributed by atoms with Crippen molar-refractivity contribution in [1.29, 1.82) is 0 Å². The molecule has 4 fully saturated rings. The largest absolute Gasteiger partial charge is 0.492 e. The summed E-state index contributed by atoms with van der Waals surface area (Å²) < 4.78 is 19.6. The topological polar surface area (TPSA) is 74.5 Å². The van der Waals surface area contributed by atoms with Crippen LogP contribution in [0.25, 0.3) is 0 Å². The zero-order chi connectivity index (χ0) is 22.3. The fourth-order valence-corrected chi connectivity index (χ4v) is 8.36. The number of benzene rings is 1. The van der Waals surface area contributed by atoms with Crippen molar-refractivity contribution in [2.24, 2.45) is 23.2 Å². The predicted octanol–water partition coefficient (Wildman–Crippen LogP) is 3.77. The normalized spacial score (nSPS) is 35.0. The molecule has 8 rings (SSSR count). The van der Waals surface area contributed by atoms with Gasteiger partial charge >= 0.3 is 0 Å². The molecule has 176 valence electrons. The van der Waals surface area contributed by atoms with Crippen LogP contribution >= 0.6 is 0 Å². The van der Waals surface area contributed by atoms with E-state index in [-0.39, 0.29) is 18.9 Å². The second-order valence-corrected chi connectivity index (χ2v) is 11.3. The van der Waals surface area contributed by atoms with E-state index in [1.807, 2.05) is 0 Å². The van der Waals surface area contributed by atoms with Crippen LogP contribution < -0.4 is 14.2 Å². The third kappa shape index (κ3) is 2.82. The van der Waals surface area contributed by atoms with E-state index in [1.54, 1.807) is 7.11 Å². The smallest absolute Gasteiger partial charge is 0.231 e. The van der Waals surface area contributed by atoms with E-state index in [0.717, 1.165) is 53.6 Å². The average molecular weight is 452 g/mol. The monoisotopic (exact) mass is 451 g/mol. The Morgan fingerprint density at radius 2 is 1.85 bits per heavy atom. The van der Waals surface area contributed by atoms with Crippen molar-refractivity contribution in [3.63, 3.8) is 0 Å². The highest BCUT2D eigenvalue weighted by Crippen LogP contribution is 2.64. The number of hydrogen-bond donors (Lipinski definition) is 0. The van der Waals surface area contributed by atoms with Crippen LogP contribution in [0.2, 0.25) is 0 Å². The van der Waals surface area contributed by atoms with E-state index in [1.165, 1.54) is 44.1 Å². The van der Waals surface area contributed by atoms with Gasteiger partial charge in [-0.2, -0.15) is 0 Å². The highest BCUT2D eigenvalue weighted by Gasteiger charge is 2.54. The molecular weight excluding hydrogens is 418 g/mol. The van der Waals surface area contributed by atoms with Crippen LogP contribution in [0.3, 0.4) is 0 Å². The second-order valence-electron chi connectivity index (χ2n) is 11.3. The molecule has 33 heavy (non-hydrogen) atoms. The number of nitrogens with zero attached hydrogens (tertiary/aromatic N) is 5. The molecule has 0 radical (unpaired) electrons. The molecule has 4 bridgehead atoms. The minimum Gasteiger partial charge on any atom is -0.492 e. The van der Waals surface area contributed by atoms with Crippen molar-refractivity contribution < 1.29 is 14.2 Å². The van der Waals surface area contributed by atoms with Crippen LogP contribution in [0, 0.1) is 23.2 Å². The quantitative estimate of drug-likeness (QED) is 0.701. The first-order chi connectivity index (χ1) is 16.1. The molecule has 6 aliphatic rings. The lowest BCUT2D eigenvalue weighted by molar-refractivity contribution is -0.0822. The van der Waals surface area contributed by atoms with Crippen LogP contribution in [0.15, 0.2) is 6.07 Å². The van der Waals surface area contributed by atoms with Crippen LogP contribution in [0.1, 0.15) is 74.5 Å². The van der Waals surface area contributed by atoms with Crippen molar-refractivity contribution in [2.45, 2.75) is 64.0 Å². The van der Waals surface area contributed by atoms with Crippen molar-refractivity contribution in [1.82, 2.24) is 25.1 Å². The number of fused-ring (bicyclic) bond motifs is 2. The summed E-state index contributed by atoms with van der Waals surface area (Å²) in [5.74, 6) is 5.84. The summed E-state index contributed by atoms with van der Waals surface area (Å²) in [5, 5.41) is 13.5. The van der Waals surface area contributed by atoms with Gasteiger partial charge in [-0.15, -0.1) is 5.10 Å². The van der Waals surface area contributed by atoms with Crippen molar-refractivity contribution in [2.75, 3.05) is 27.5 Å². The summed E-state index contributed by atoms with van der Waals surface area (Å²) >= 11 is 0. The van der Waals surface area contributed by atoms with E-state index in [4.69, 9.17) is 14.2 Å². The first kappa shape index (κ1) is 20.1. The lowest BCUT2D eigenvalue weighted by Gasteiger charge is -2.59. The maximum Gasteiger partial charge on any atom is 0.231 e. The minimum atomic E-state index is -0.0791. The first-order valence-corrected chi connectivity index (χ1v) is 12.5. The van der Waals surface area contributed by atoms with E-state index in [9.17, 15) is 0 Å². The lowest BCUT2D eigenvalue weighted by atomic mass is 9.48. The van der Waals surface area contributed by atoms with E-state index < -0.39 is 0 Å². The Balaban J connectivity index is 1.32. The summed E-state index contributed by atoms with van der Waals surface area (Å²) in [7, 11) is 3.87. The molecule has 0 spiro atoms. The number of aromatic nitrogens is 4. The summed E-state index contributed by atoms with van der Waals surface area (Å²) in [6, 6.07) is 2.33. The van der Waals surface area contributed by atoms with Gasteiger partial charge in [0.25, 0.3) is 0 Å². The van der Waals surface area contributed by atoms with Crippen LogP contribution in [-0.2, 0) is 6.42 Å². The Hall–Kier alpha value is -2.35. The Bertz CT molecular complexity index is 1060. The van der Waals surface area contributed by atoms with Crippen LogP contribution in [-0.4, -0.2) is 52.6 Å². The SMILES string of the molecule is COc1c2c(cc3c1[C@@H](c1nnnn1[C@H](C)C14CC5CC(CC(C5)C1)C4)N(C)CC3)OCO2. The Morgan fingerprint density at radius 1 is 1.12 bits per heavy atom. The van der Waals surface area contributed by atoms with Gasteiger partial charge in [0, 0.05) is 12.1 Å². The van der Waals surface area contributed by atoms with Gasteiger partial charge in [0.05, 0.1) is 13.2 Å². The highest BCUT2D eigenvalue weighted by molar-refractivity contribution is 5.62. The molecule has 8 nitrogen and oxygen atoms in total.